The summed E-state index contributed by atoms with van der Waals surface area (Å²) in [6.07, 6.45) is 2.81. The van der Waals surface area contributed by atoms with E-state index in [4.69, 9.17) is 9.47 Å². The summed E-state index contributed by atoms with van der Waals surface area (Å²) in [5.41, 5.74) is 0. The second kappa shape index (κ2) is 8.90. The van der Waals surface area contributed by atoms with Gasteiger partial charge in [0.1, 0.15) is 0 Å². The molecule has 1 heterocycles. The molecule has 0 saturated carbocycles. The van der Waals surface area contributed by atoms with Crippen LogP contribution in [-0.2, 0) is 10.0 Å². The van der Waals surface area contributed by atoms with Crippen LogP contribution in [0.2, 0.25) is 0 Å². The van der Waals surface area contributed by atoms with E-state index in [1.54, 1.807) is 22.5 Å². The number of sulfonamides is 1. The standard InChI is InChI=1S/C19H31NO4S/c1-5-9-23-18-8-7-17(12-19(18)24-10-6-2)25(21,22)20-13-15(3)11-16(4)14-20/h7-8,12,15-16H,5-6,9-11,13-14H2,1-4H3/t15-,16-/m0/s1. The number of piperidine rings is 1. The molecule has 1 aliphatic heterocycles. The summed E-state index contributed by atoms with van der Waals surface area (Å²) in [6, 6.07) is 4.95. The van der Waals surface area contributed by atoms with E-state index >= 15 is 0 Å². The zero-order valence-corrected chi connectivity index (χ0v) is 16.6. The molecule has 1 saturated heterocycles. The minimum Gasteiger partial charge on any atom is -0.490 e. The largest absolute Gasteiger partial charge is 0.490 e. The van der Waals surface area contributed by atoms with Crippen LogP contribution in [0.1, 0.15) is 47.0 Å². The third kappa shape index (κ3) is 5.11. The summed E-state index contributed by atoms with van der Waals surface area (Å²) in [5, 5.41) is 0. The molecule has 0 radical (unpaired) electrons. The average molecular weight is 370 g/mol. The Balaban J connectivity index is 2.30. The van der Waals surface area contributed by atoms with E-state index < -0.39 is 10.0 Å². The highest BCUT2D eigenvalue weighted by atomic mass is 32.2. The van der Waals surface area contributed by atoms with Crippen LogP contribution in [0.15, 0.2) is 23.1 Å². The first kappa shape index (κ1) is 20.0. The highest BCUT2D eigenvalue weighted by Crippen LogP contribution is 2.33. The first-order valence-electron chi connectivity index (χ1n) is 9.28. The van der Waals surface area contributed by atoms with E-state index in [0.29, 0.717) is 49.6 Å². The highest BCUT2D eigenvalue weighted by molar-refractivity contribution is 7.89. The first-order valence-corrected chi connectivity index (χ1v) is 10.7. The predicted octanol–water partition coefficient (Wildman–Crippen LogP) is 3.93. The van der Waals surface area contributed by atoms with Gasteiger partial charge in [-0.3, -0.25) is 0 Å². The third-order valence-electron chi connectivity index (χ3n) is 4.31. The molecule has 0 unspecified atom stereocenters. The normalized spacial score (nSPS) is 21.9. The summed E-state index contributed by atoms with van der Waals surface area (Å²) in [4.78, 5) is 0.281. The first-order chi connectivity index (χ1) is 11.9. The van der Waals surface area contributed by atoms with Crippen molar-refractivity contribution in [1.82, 2.24) is 4.31 Å². The number of hydrogen-bond acceptors (Lipinski definition) is 4. The summed E-state index contributed by atoms with van der Waals surface area (Å²) >= 11 is 0. The van der Waals surface area contributed by atoms with Gasteiger partial charge in [0.05, 0.1) is 18.1 Å². The van der Waals surface area contributed by atoms with Crippen molar-refractivity contribution in [2.45, 2.75) is 51.9 Å². The molecular weight excluding hydrogens is 338 g/mol. The van der Waals surface area contributed by atoms with E-state index in [2.05, 4.69) is 13.8 Å². The van der Waals surface area contributed by atoms with Crippen LogP contribution in [0.25, 0.3) is 0 Å². The van der Waals surface area contributed by atoms with Crippen LogP contribution in [0, 0.1) is 11.8 Å². The smallest absolute Gasteiger partial charge is 0.243 e. The van der Waals surface area contributed by atoms with Gasteiger partial charge < -0.3 is 9.47 Å². The molecule has 2 rings (SSSR count). The van der Waals surface area contributed by atoms with Crippen LogP contribution in [0.3, 0.4) is 0 Å². The molecule has 25 heavy (non-hydrogen) atoms. The lowest BCUT2D eigenvalue weighted by atomic mass is 9.94. The molecule has 2 atom stereocenters. The predicted molar refractivity (Wildman–Crippen MR) is 99.7 cm³/mol. The molecule has 1 aliphatic rings. The zero-order valence-electron chi connectivity index (χ0n) is 15.8. The second-order valence-electron chi connectivity index (χ2n) is 7.07. The van der Waals surface area contributed by atoms with Gasteiger partial charge in [0.25, 0.3) is 0 Å². The lowest BCUT2D eigenvalue weighted by Gasteiger charge is -2.34. The van der Waals surface area contributed by atoms with Crippen LogP contribution in [-0.4, -0.2) is 39.0 Å². The molecule has 0 N–H and O–H groups in total. The lowest BCUT2D eigenvalue weighted by Crippen LogP contribution is -2.42. The van der Waals surface area contributed by atoms with Gasteiger partial charge in [0.15, 0.2) is 11.5 Å². The molecular formula is C19H31NO4S. The molecule has 0 aromatic heterocycles. The van der Waals surface area contributed by atoms with Gasteiger partial charge >= 0.3 is 0 Å². The number of rotatable bonds is 8. The van der Waals surface area contributed by atoms with Gasteiger partial charge in [0, 0.05) is 19.2 Å². The van der Waals surface area contributed by atoms with E-state index in [-0.39, 0.29) is 4.90 Å². The van der Waals surface area contributed by atoms with E-state index in [1.165, 1.54) is 0 Å². The molecule has 0 spiro atoms. The van der Waals surface area contributed by atoms with E-state index in [0.717, 1.165) is 19.3 Å². The van der Waals surface area contributed by atoms with Gasteiger partial charge in [-0.05, 0) is 43.2 Å². The Labute approximate surface area is 152 Å². The third-order valence-corrected chi connectivity index (χ3v) is 6.14. The monoisotopic (exact) mass is 369 g/mol. The minimum absolute atomic E-state index is 0.281. The van der Waals surface area contributed by atoms with Gasteiger partial charge in [-0.25, -0.2) is 8.42 Å². The molecule has 0 amide bonds. The Morgan fingerprint density at radius 1 is 1.00 bits per heavy atom. The van der Waals surface area contributed by atoms with Crippen molar-refractivity contribution in [3.63, 3.8) is 0 Å². The number of hydrogen-bond donors (Lipinski definition) is 0. The summed E-state index contributed by atoms with van der Waals surface area (Å²) in [6.45, 7) is 10.5. The van der Waals surface area contributed by atoms with E-state index in [9.17, 15) is 8.42 Å². The van der Waals surface area contributed by atoms with Crippen molar-refractivity contribution >= 4 is 10.0 Å². The maximum absolute atomic E-state index is 13.1. The van der Waals surface area contributed by atoms with Crippen molar-refractivity contribution in [3.05, 3.63) is 18.2 Å². The van der Waals surface area contributed by atoms with Gasteiger partial charge in [0.2, 0.25) is 10.0 Å². The Bertz CT molecular complexity index is 649. The second-order valence-corrected chi connectivity index (χ2v) is 9.01. The molecule has 5 nitrogen and oxygen atoms in total. The quantitative estimate of drug-likeness (QED) is 0.697. The van der Waals surface area contributed by atoms with Gasteiger partial charge in [-0.2, -0.15) is 4.31 Å². The number of nitrogens with zero attached hydrogens (tertiary/aromatic N) is 1. The van der Waals surface area contributed by atoms with Gasteiger partial charge in [-0.15, -0.1) is 0 Å². The van der Waals surface area contributed by atoms with Crippen molar-refractivity contribution < 1.29 is 17.9 Å². The molecule has 0 aliphatic carbocycles. The Morgan fingerprint density at radius 3 is 2.12 bits per heavy atom. The number of ether oxygens (including phenoxy) is 2. The molecule has 1 aromatic rings. The molecule has 6 heteroatoms. The number of benzene rings is 1. The molecule has 1 fully saturated rings. The van der Waals surface area contributed by atoms with Gasteiger partial charge in [-0.1, -0.05) is 27.7 Å². The molecule has 142 valence electrons. The Hall–Kier alpha value is -1.27. The van der Waals surface area contributed by atoms with E-state index in [1.807, 2.05) is 13.8 Å². The topological polar surface area (TPSA) is 55.8 Å². The summed E-state index contributed by atoms with van der Waals surface area (Å²) < 4.78 is 39.2. The average Bonchev–Trinajstić information content (AvgIpc) is 2.57. The summed E-state index contributed by atoms with van der Waals surface area (Å²) in [5.74, 6) is 1.87. The molecule has 1 aromatic carbocycles. The maximum Gasteiger partial charge on any atom is 0.243 e. The Kier molecular flexibility index (Phi) is 7.14. The van der Waals surface area contributed by atoms with Crippen LogP contribution in [0.4, 0.5) is 0 Å². The lowest BCUT2D eigenvalue weighted by molar-refractivity contribution is 0.222. The highest BCUT2D eigenvalue weighted by Gasteiger charge is 2.32. The summed E-state index contributed by atoms with van der Waals surface area (Å²) in [7, 11) is -3.51. The SMILES string of the molecule is CCCOc1ccc(S(=O)(=O)N2C[C@@H](C)C[C@H](C)C2)cc1OCCC. The van der Waals surface area contributed by atoms with Crippen molar-refractivity contribution in [3.8, 4) is 11.5 Å². The zero-order chi connectivity index (χ0) is 18.4. The van der Waals surface area contributed by atoms with Crippen LogP contribution >= 0.6 is 0 Å². The minimum atomic E-state index is -3.51. The fraction of sp³-hybridized carbons (Fsp3) is 0.684. The maximum atomic E-state index is 13.1. The Morgan fingerprint density at radius 2 is 1.56 bits per heavy atom. The fourth-order valence-electron chi connectivity index (χ4n) is 3.26. The van der Waals surface area contributed by atoms with Crippen molar-refractivity contribution in [1.29, 1.82) is 0 Å². The van der Waals surface area contributed by atoms with Crippen LogP contribution < -0.4 is 9.47 Å². The van der Waals surface area contributed by atoms with Crippen molar-refractivity contribution in [2.24, 2.45) is 11.8 Å². The fourth-order valence-corrected chi connectivity index (χ4v) is 4.95. The van der Waals surface area contributed by atoms with Crippen molar-refractivity contribution in [2.75, 3.05) is 26.3 Å². The molecule has 0 bridgehead atoms. The van der Waals surface area contributed by atoms with Crippen LogP contribution in [0.5, 0.6) is 11.5 Å².